The molecule has 0 fully saturated rings. The van der Waals surface area contributed by atoms with Crippen LogP contribution in [-0.4, -0.2) is 29.7 Å². The molecule has 84 valence electrons. The van der Waals surface area contributed by atoms with Crippen LogP contribution < -0.4 is 0 Å². The Morgan fingerprint density at radius 3 is 2.67 bits per heavy atom. The maximum atomic E-state index is 5.87. The van der Waals surface area contributed by atoms with Crippen LogP contribution in [0.1, 0.15) is 17.5 Å². The lowest BCUT2D eigenvalue weighted by Gasteiger charge is -2.06. The molecule has 1 aromatic heterocycles. The van der Waals surface area contributed by atoms with Crippen LogP contribution in [0.25, 0.3) is 0 Å². The summed E-state index contributed by atoms with van der Waals surface area (Å²) in [6.45, 7) is 4.77. The molecule has 15 heavy (non-hydrogen) atoms. The van der Waals surface area contributed by atoms with E-state index in [1.54, 1.807) is 18.9 Å². The number of hydrogen-bond acceptors (Lipinski definition) is 4. The van der Waals surface area contributed by atoms with E-state index >= 15 is 0 Å². The third kappa shape index (κ3) is 3.63. The van der Waals surface area contributed by atoms with Gasteiger partial charge in [0, 0.05) is 19.5 Å². The van der Waals surface area contributed by atoms with Crippen molar-refractivity contribution in [3.63, 3.8) is 0 Å². The van der Waals surface area contributed by atoms with Crippen LogP contribution >= 0.6 is 23.4 Å². The van der Waals surface area contributed by atoms with Gasteiger partial charge < -0.3 is 4.74 Å². The third-order valence-electron chi connectivity index (χ3n) is 2.15. The van der Waals surface area contributed by atoms with Gasteiger partial charge >= 0.3 is 0 Å². The number of halogens is 1. The van der Waals surface area contributed by atoms with E-state index in [1.165, 1.54) is 0 Å². The van der Waals surface area contributed by atoms with Crippen molar-refractivity contribution in [2.75, 3.05) is 19.5 Å². The van der Waals surface area contributed by atoms with Gasteiger partial charge in [0.1, 0.15) is 5.03 Å². The summed E-state index contributed by atoms with van der Waals surface area (Å²) in [7, 11) is 1.71. The largest absolute Gasteiger partial charge is 0.385 e. The number of nitrogens with zero attached hydrogens (tertiary/aromatic N) is 2. The lowest BCUT2D eigenvalue weighted by atomic mass is 10.2. The predicted molar refractivity (Wildman–Crippen MR) is 63.7 cm³/mol. The normalized spacial score (nSPS) is 10.7. The van der Waals surface area contributed by atoms with Crippen molar-refractivity contribution in [2.24, 2.45) is 0 Å². The number of rotatable bonds is 5. The smallest absolute Gasteiger partial charge is 0.154 e. The fourth-order valence-electron chi connectivity index (χ4n) is 1.06. The molecule has 0 saturated carbocycles. The predicted octanol–water partition coefficient (Wildman–Crippen LogP) is 2.88. The second kappa shape index (κ2) is 6.30. The van der Waals surface area contributed by atoms with E-state index in [1.807, 2.05) is 13.8 Å². The first-order valence-corrected chi connectivity index (χ1v) is 6.14. The van der Waals surface area contributed by atoms with Crippen LogP contribution in [0.3, 0.4) is 0 Å². The summed E-state index contributed by atoms with van der Waals surface area (Å²) in [5, 5.41) is 9.44. The summed E-state index contributed by atoms with van der Waals surface area (Å²) in [5.74, 6) is 0.991. The Morgan fingerprint density at radius 2 is 2.00 bits per heavy atom. The monoisotopic (exact) mass is 246 g/mol. The van der Waals surface area contributed by atoms with Crippen LogP contribution in [0.5, 0.6) is 0 Å². The van der Waals surface area contributed by atoms with Gasteiger partial charge in [-0.3, -0.25) is 0 Å². The lowest BCUT2D eigenvalue weighted by Crippen LogP contribution is -1.97. The second-order valence-electron chi connectivity index (χ2n) is 3.24. The number of methoxy groups -OCH3 is 1. The maximum absolute atomic E-state index is 5.87. The minimum Gasteiger partial charge on any atom is -0.385 e. The van der Waals surface area contributed by atoms with Crippen LogP contribution in [-0.2, 0) is 4.74 Å². The zero-order valence-electron chi connectivity index (χ0n) is 9.21. The highest BCUT2D eigenvalue weighted by Crippen LogP contribution is 2.25. The average molecular weight is 247 g/mol. The molecule has 0 N–H and O–H groups in total. The van der Waals surface area contributed by atoms with Crippen LogP contribution in [0.4, 0.5) is 0 Å². The zero-order valence-corrected chi connectivity index (χ0v) is 10.8. The first-order valence-electron chi connectivity index (χ1n) is 4.78. The van der Waals surface area contributed by atoms with Crippen molar-refractivity contribution in [3.8, 4) is 0 Å². The molecular formula is C10H15ClN2OS. The molecule has 1 aromatic rings. The van der Waals surface area contributed by atoms with E-state index in [0.29, 0.717) is 5.15 Å². The number of ether oxygens (including phenoxy) is 1. The van der Waals surface area contributed by atoms with Crippen LogP contribution in [0, 0.1) is 13.8 Å². The highest BCUT2D eigenvalue weighted by atomic mass is 35.5. The molecule has 0 radical (unpaired) electrons. The van der Waals surface area contributed by atoms with E-state index in [-0.39, 0.29) is 0 Å². The molecule has 1 heterocycles. The van der Waals surface area contributed by atoms with Gasteiger partial charge in [-0.05, 0) is 31.4 Å². The van der Waals surface area contributed by atoms with Crippen molar-refractivity contribution >= 4 is 23.4 Å². The van der Waals surface area contributed by atoms with E-state index < -0.39 is 0 Å². The van der Waals surface area contributed by atoms with E-state index in [4.69, 9.17) is 16.3 Å². The van der Waals surface area contributed by atoms with Gasteiger partial charge in [0.2, 0.25) is 0 Å². The molecule has 3 nitrogen and oxygen atoms in total. The first kappa shape index (κ1) is 12.7. The number of hydrogen-bond donors (Lipinski definition) is 0. The fraction of sp³-hybridized carbons (Fsp3) is 0.600. The third-order valence-corrected chi connectivity index (χ3v) is 3.67. The quantitative estimate of drug-likeness (QED) is 0.591. The highest BCUT2D eigenvalue weighted by molar-refractivity contribution is 7.99. The molecule has 1 rings (SSSR count). The van der Waals surface area contributed by atoms with E-state index in [9.17, 15) is 0 Å². The summed E-state index contributed by atoms with van der Waals surface area (Å²) in [5.41, 5.74) is 2.14. The summed E-state index contributed by atoms with van der Waals surface area (Å²) < 4.78 is 4.98. The van der Waals surface area contributed by atoms with Gasteiger partial charge in [-0.25, -0.2) is 0 Å². The molecule has 0 spiro atoms. The molecule has 0 bridgehead atoms. The molecule has 0 aliphatic heterocycles. The van der Waals surface area contributed by atoms with Crippen molar-refractivity contribution < 1.29 is 4.74 Å². The molecular weight excluding hydrogens is 232 g/mol. The number of thioether (sulfide) groups is 1. The summed E-state index contributed by atoms with van der Waals surface area (Å²) >= 11 is 7.56. The van der Waals surface area contributed by atoms with Gasteiger partial charge in [-0.1, -0.05) is 11.6 Å². The molecule has 0 aromatic carbocycles. The Kier molecular flexibility index (Phi) is 5.36. The highest BCUT2D eigenvalue weighted by Gasteiger charge is 2.07. The van der Waals surface area contributed by atoms with Crippen molar-refractivity contribution in [2.45, 2.75) is 25.3 Å². The number of aromatic nitrogens is 2. The van der Waals surface area contributed by atoms with Gasteiger partial charge in [0.15, 0.2) is 5.15 Å². The molecule has 5 heteroatoms. The first-order chi connectivity index (χ1) is 7.16. The Bertz CT molecular complexity index is 333. The molecule has 0 aliphatic carbocycles. The van der Waals surface area contributed by atoms with Crippen molar-refractivity contribution in [1.82, 2.24) is 10.2 Å². The van der Waals surface area contributed by atoms with Crippen molar-refractivity contribution in [3.05, 3.63) is 16.3 Å². The Hall–Kier alpha value is -0.320. The Balaban J connectivity index is 2.58. The molecule has 0 amide bonds. The standard InChI is InChI=1S/C10H15ClN2OS/c1-7-8(2)10(13-12-9(7)11)15-6-4-5-14-3/h4-6H2,1-3H3. The second-order valence-corrected chi connectivity index (χ2v) is 4.68. The van der Waals surface area contributed by atoms with Gasteiger partial charge in [0.25, 0.3) is 0 Å². The van der Waals surface area contributed by atoms with Crippen molar-refractivity contribution in [1.29, 1.82) is 0 Å². The maximum Gasteiger partial charge on any atom is 0.154 e. The minimum atomic E-state index is 0.494. The van der Waals surface area contributed by atoms with E-state index in [0.717, 1.165) is 34.9 Å². The SMILES string of the molecule is COCCCSc1nnc(Cl)c(C)c1C. The molecule has 0 aliphatic rings. The summed E-state index contributed by atoms with van der Waals surface area (Å²) in [6, 6.07) is 0. The van der Waals surface area contributed by atoms with Gasteiger partial charge in [0.05, 0.1) is 0 Å². The Labute approximate surface area is 99.6 Å². The summed E-state index contributed by atoms with van der Waals surface area (Å²) in [4.78, 5) is 0. The van der Waals surface area contributed by atoms with Crippen LogP contribution in [0.15, 0.2) is 5.03 Å². The average Bonchev–Trinajstić information content (AvgIpc) is 2.24. The fourth-order valence-corrected chi connectivity index (χ4v) is 2.17. The van der Waals surface area contributed by atoms with Gasteiger partial charge in [-0.2, -0.15) is 0 Å². The molecule has 0 atom stereocenters. The molecule has 0 unspecified atom stereocenters. The van der Waals surface area contributed by atoms with E-state index in [2.05, 4.69) is 10.2 Å². The molecule has 0 saturated heterocycles. The van der Waals surface area contributed by atoms with Crippen LogP contribution in [0.2, 0.25) is 5.15 Å². The van der Waals surface area contributed by atoms with Gasteiger partial charge in [-0.15, -0.1) is 22.0 Å². The topological polar surface area (TPSA) is 35.0 Å². The lowest BCUT2D eigenvalue weighted by molar-refractivity contribution is 0.200. The zero-order chi connectivity index (χ0) is 11.3. The minimum absolute atomic E-state index is 0.494. The summed E-state index contributed by atoms with van der Waals surface area (Å²) in [6.07, 6.45) is 1.02. The Morgan fingerprint density at radius 1 is 1.27 bits per heavy atom.